The van der Waals surface area contributed by atoms with E-state index in [-0.39, 0.29) is 25.7 Å². The van der Waals surface area contributed by atoms with Crippen molar-refractivity contribution in [3.05, 3.63) is 60.2 Å². The molecular weight excluding hydrogens is 472 g/mol. The number of benzene rings is 1. The molecule has 0 radical (unpaired) electrons. The largest absolute Gasteiger partial charge is 0.395 e. The average molecular weight is 507 g/mol. The van der Waals surface area contributed by atoms with Crippen molar-refractivity contribution >= 4 is 51.9 Å². The molecule has 0 atom stereocenters. The van der Waals surface area contributed by atoms with Crippen LogP contribution in [0.25, 0.3) is 6.08 Å². The highest BCUT2D eigenvalue weighted by Gasteiger charge is 2.04. The highest BCUT2D eigenvalue weighted by Crippen LogP contribution is 2.19. The zero-order valence-corrected chi connectivity index (χ0v) is 20.9. The third kappa shape index (κ3) is 13.9. The molecule has 10 heteroatoms. The Morgan fingerprint density at radius 3 is 2.38 bits per heavy atom. The van der Waals surface area contributed by atoms with Crippen molar-refractivity contribution in [1.29, 1.82) is 0 Å². The number of aliphatic hydroxyl groups excluding tert-OH is 2. The number of anilines is 1. The molecule has 8 nitrogen and oxygen atoms in total. The smallest absolute Gasteiger partial charge is 0.241 e. The Hall–Kier alpha value is -2.53. The van der Waals surface area contributed by atoms with Crippen molar-refractivity contribution in [2.45, 2.75) is 0 Å². The highest BCUT2D eigenvalue weighted by molar-refractivity contribution is 8.76. The van der Waals surface area contributed by atoms with Crippen molar-refractivity contribution in [1.82, 2.24) is 10.6 Å². The number of allylic oxidation sites excluding steroid dienone is 4. The second kappa shape index (κ2) is 19.9. The summed E-state index contributed by atoms with van der Waals surface area (Å²) in [6.07, 6.45) is 9.63. The van der Waals surface area contributed by atoms with E-state index in [0.717, 1.165) is 28.3 Å². The minimum atomic E-state index is -0.134. The first kappa shape index (κ1) is 29.5. The lowest BCUT2D eigenvalue weighted by Gasteiger charge is -2.22. The molecule has 0 aliphatic rings. The van der Waals surface area contributed by atoms with E-state index < -0.39 is 0 Å². The number of nitrogens with one attached hydrogen (secondary N) is 2. The first-order valence-corrected chi connectivity index (χ1v) is 13.4. The zero-order chi connectivity index (χ0) is 24.9. The second-order valence-electron chi connectivity index (χ2n) is 6.79. The minimum absolute atomic E-state index is 0.0267. The number of aliphatic hydroxyl groups is 2. The molecule has 0 aromatic heterocycles. The number of nitrogens with zero attached hydrogens (tertiary/aromatic N) is 2. The van der Waals surface area contributed by atoms with Gasteiger partial charge in [0.2, 0.25) is 12.3 Å². The standard InChI is InChI=1S/C24H34N4O4S2/c1-2-21(3-4-22-5-7-23(8-6-22)28(13-15-29)14-16-30)9-10-25-19-24(32)27-12-18-34-33-17-11-26-20-31/h2-10,20,29-30H,1,11-19H2,(H,26,31)(H,27,32)/b4-3+,21-9+,25-10?. The fourth-order valence-electron chi connectivity index (χ4n) is 2.63. The summed E-state index contributed by atoms with van der Waals surface area (Å²) in [6, 6.07) is 7.83. The third-order valence-electron chi connectivity index (χ3n) is 4.31. The monoisotopic (exact) mass is 506 g/mol. The van der Waals surface area contributed by atoms with Crippen LogP contribution in [-0.4, -0.2) is 86.2 Å². The van der Waals surface area contributed by atoms with Gasteiger partial charge in [-0.2, -0.15) is 0 Å². The Morgan fingerprint density at radius 2 is 1.76 bits per heavy atom. The lowest BCUT2D eigenvalue weighted by molar-refractivity contribution is -0.119. The van der Waals surface area contributed by atoms with Crippen LogP contribution in [-0.2, 0) is 9.59 Å². The van der Waals surface area contributed by atoms with Crippen LogP contribution in [0.5, 0.6) is 0 Å². The van der Waals surface area contributed by atoms with Crippen LogP contribution in [0.3, 0.4) is 0 Å². The highest BCUT2D eigenvalue weighted by atomic mass is 33.1. The summed E-state index contributed by atoms with van der Waals surface area (Å²) in [4.78, 5) is 28.0. The second-order valence-corrected chi connectivity index (χ2v) is 9.49. The summed E-state index contributed by atoms with van der Waals surface area (Å²) in [5, 5.41) is 23.7. The predicted octanol–water partition coefficient (Wildman–Crippen LogP) is 1.92. The van der Waals surface area contributed by atoms with Crippen molar-refractivity contribution in [3.63, 3.8) is 0 Å². The van der Waals surface area contributed by atoms with Crippen molar-refractivity contribution in [2.24, 2.45) is 4.99 Å². The molecular formula is C24H34N4O4S2. The van der Waals surface area contributed by atoms with Crippen LogP contribution in [0, 0.1) is 0 Å². The van der Waals surface area contributed by atoms with E-state index in [0.29, 0.717) is 32.6 Å². The van der Waals surface area contributed by atoms with Gasteiger partial charge in [-0.25, -0.2) is 0 Å². The van der Waals surface area contributed by atoms with Crippen LogP contribution in [0.15, 0.2) is 59.6 Å². The molecule has 0 spiro atoms. The molecule has 2 amide bonds. The fourth-order valence-corrected chi connectivity index (χ4v) is 4.46. The van der Waals surface area contributed by atoms with Gasteiger partial charge in [0.05, 0.1) is 13.2 Å². The Labute approximate surface area is 209 Å². The van der Waals surface area contributed by atoms with Crippen LogP contribution in [0.1, 0.15) is 5.56 Å². The van der Waals surface area contributed by atoms with Gasteiger partial charge in [-0.15, -0.1) is 0 Å². The first-order valence-electron chi connectivity index (χ1n) is 10.9. The van der Waals surface area contributed by atoms with Crippen LogP contribution >= 0.6 is 21.6 Å². The summed E-state index contributed by atoms with van der Waals surface area (Å²) in [6.45, 7) is 6.07. The Morgan fingerprint density at radius 1 is 1.09 bits per heavy atom. The number of rotatable bonds is 19. The zero-order valence-electron chi connectivity index (χ0n) is 19.3. The topological polar surface area (TPSA) is 114 Å². The van der Waals surface area contributed by atoms with Gasteiger partial charge in [-0.3, -0.25) is 14.6 Å². The predicted molar refractivity (Wildman–Crippen MR) is 145 cm³/mol. The molecule has 0 saturated carbocycles. The maximum Gasteiger partial charge on any atom is 0.241 e. The molecule has 4 N–H and O–H groups in total. The summed E-state index contributed by atoms with van der Waals surface area (Å²) in [7, 11) is 3.30. The van der Waals surface area contributed by atoms with E-state index in [4.69, 9.17) is 10.2 Å². The van der Waals surface area contributed by atoms with Crippen molar-refractivity contribution in [2.75, 3.05) is 62.3 Å². The SMILES string of the molecule is C=CC(/C=C/c1ccc(N(CCO)CCO)cc1)=C\C=NCC(=O)NCCSSCCNC=O. The number of carbonyl (C=O) groups excluding carboxylic acids is 2. The summed E-state index contributed by atoms with van der Waals surface area (Å²) >= 11 is 0. The van der Waals surface area contributed by atoms with Gasteiger partial charge in [-0.05, 0) is 29.3 Å². The Kier molecular flexibility index (Phi) is 17.3. The van der Waals surface area contributed by atoms with Crippen LogP contribution in [0.4, 0.5) is 5.69 Å². The first-order chi connectivity index (χ1) is 16.6. The number of amides is 2. The molecule has 0 fully saturated rings. The van der Waals surface area contributed by atoms with E-state index in [2.05, 4.69) is 22.2 Å². The summed E-state index contributed by atoms with van der Waals surface area (Å²) in [5.41, 5.74) is 2.79. The Bertz CT molecular complexity index is 808. The Balaban J connectivity index is 2.41. The van der Waals surface area contributed by atoms with Gasteiger partial charge in [-0.1, -0.05) is 58.5 Å². The van der Waals surface area contributed by atoms with Gasteiger partial charge < -0.3 is 25.7 Å². The number of carbonyl (C=O) groups is 2. The van der Waals surface area contributed by atoms with E-state index >= 15 is 0 Å². The number of hydrogen-bond acceptors (Lipinski definition) is 8. The van der Waals surface area contributed by atoms with Gasteiger partial charge in [0.15, 0.2) is 0 Å². The van der Waals surface area contributed by atoms with Gasteiger partial charge in [0.1, 0.15) is 6.54 Å². The van der Waals surface area contributed by atoms with E-state index in [1.165, 1.54) is 0 Å². The molecule has 0 unspecified atom stereocenters. The molecule has 34 heavy (non-hydrogen) atoms. The molecule has 0 saturated heterocycles. The van der Waals surface area contributed by atoms with E-state index in [1.54, 1.807) is 40.0 Å². The summed E-state index contributed by atoms with van der Waals surface area (Å²) < 4.78 is 0. The fraction of sp³-hybridized carbons (Fsp3) is 0.375. The molecule has 1 rings (SSSR count). The molecule has 1 aromatic rings. The molecule has 0 heterocycles. The quantitative estimate of drug-likeness (QED) is 0.0745. The van der Waals surface area contributed by atoms with E-state index in [1.807, 2.05) is 41.3 Å². The molecule has 0 aliphatic carbocycles. The lowest BCUT2D eigenvalue weighted by atomic mass is 10.1. The van der Waals surface area contributed by atoms with Gasteiger partial charge in [0, 0.05) is 49.6 Å². The lowest BCUT2D eigenvalue weighted by Crippen LogP contribution is -2.29. The summed E-state index contributed by atoms with van der Waals surface area (Å²) in [5.74, 6) is 1.48. The maximum atomic E-state index is 11.8. The molecule has 186 valence electrons. The normalized spacial score (nSPS) is 11.6. The van der Waals surface area contributed by atoms with Crippen LogP contribution in [0.2, 0.25) is 0 Å². The number of aliphatic imine (C=N–C) groups is 1. The third-order valence-corrected chi connectivity index (χ3v) is 6.72. The maximum absolute atomic E-state index is 11.8. The average Bonchev–Trinajstić information content (AvgIpc) is 2.85. The van der Waals surface area contributed by atoms with Crippen LogP contribution < -0.4 is 15.5 Å². The van der Waals surface area contributed by atoms with Crippen molar-refractivity contribution in [3.8, 4) is 0 Å². The van der Waals surface area contributed by atoms with Gasteiger partial charge in [0.25, 0.3) is 0 Å². The van der Waals surface area contributed by atoms with E-state index in [9.17, 15) is 9.59 Å². The molecule has 0 aliphatic heterocycles. The minimum Gasteiger partial charge on any atom is -0.395 e. The molecule has 1 aromatic carbocycles. The molecule has 0 bridgehead atoms. The van der Waals surface area contributed by atoms with Crippen molar-refractivity contribution < 1.29 is 19.8 Å². The number of hydrogen-bond donors (Lipinski definition) is 4. The van der Waals surface area contributed by atoms with Gasteiger partial charge >= 0.3 is 0 Å².